The number of likely N-dealkylation sites (N-methyl/N-ethyl adjacent to an activating group) is 1. The Balaban J connectivity index is 2.59. The molecule has 0 aromatic heterocycles. The van der Waals surface area contributed by atoms with Crippen LogP contribution in [0.4, 0.5) is 0 Å². The normalized spacial score (nSPS) is 27.3. The van der Waals surface area contributed by atoms with Crippen molar-refractivity contribution in [3.63, 3.8) is 0 Å². The minimum Gasteiger partial charge on any atom is -0.465 e. The molecule has 1 aliphatic rings. The van der Waals surface area contributed by atoms with Crippen molar-refractivity contribution in [3.05, 3.63) is 0 Å². The van der Waals surface area contributed by atoms with Crippen molar-refractivity contribution in [1.29, 1.82) is 0 Å². The smallest absolute Gasteiger partial charge is 0.326 e. The van der Waals surface area contributed by atoms with Gasteiger partial charge in [0, 0.05) is 13.0 Å². The van der Waals surface area contributed by atoms with Crippen LogP contribution >= 0.6 is 0 Å². The third-order valence-corrected chi connectivity index (χ3v) is 4.29. The highest BCUT2D eigenvalue weighted by molar-refractivity contribution is 5.81. The van der Waals surface area contributed by atoms with Gasteiger partial charge in [-0.2, -0.15) is 0 Å². The van der Waals surface area contributed by atoms with Crippen molar-refractivity contribution in [2.75, 3.05) is 19.8 Å². The summed E-state index contributed by atoms with van der Waals surface area (Å²) in [5, 5.41) is 3.37. The maximum atomic E-state index is 12.4. The Kier molecular flexibility index (Phi) is 8.27. The summed E-state index contributed by atoms with van der Waals surface area (Å²) in [5.41, 5.74) is -0.540. The summed E-state index contributed by atoms with van der Waals surface area (Å²) in [6.07, 6.45) is 6.20. The molecule has 0 spiro atoms. The maximum absolute atomic E-state index is 12.4. The molecule has 3 unspecified atom stereocenters. The van der Waals surface area contributed by atoms with Crippen LogP contribution in [0.25, 0.3) is 0 Å². The van der Waals surface area contributed by atoms with E-state index in [4.69, 9.17) is 9.47 Å². The van der Waals surface area contributed by atoms with Gasteiger partial charge in [0.25, 0.3) is 0 Å². The third kappa shape index (κ3) is 5.59. The van der Waals surface area contributed by atoms with Gasteiger partial charge in [-0.3, -0.25) is 4.79 Å². The van der Waals surface area contributed by atoms with E-state index in [-0.39, 0.29) is 12.1 Å². The van der Waals surface area contributed by atoms with Crippen LogP contribution in [0.1, 0.15) is 66.2 Å². The molecule has 1 aliphatic carbocycles. The summed E-state index contributed by atoms with van der Waals surface area (Å²) < 4.78 is 11.4. The van der Waals surface area contributed by atoms with E-state index in [9.17, 15) is 4.79 Å². The lowest BCUT2D eigenvalue weighted by Gasteiger charge is -2.39. The molecule has 0 radical (unpaired) electrons. The SMILES string of the molecule is CCCC(C)COC1CCCC(NCC)(C(=O)OCC)C1. The maximum Gasteiger partial charge on any atom is 0.326 e. The zero-order valence-electron chi connectivity index (χ0n) is 14.2. The number of nitrogens with one attached hydrogen (secondary N) is 1. The number of carbonyl (C=O) groups is 1. The van der Waals surface area contributed by atoms with E-state index in [1.165, 1.54) is 12.8 Å². The predicted octanol–water partition coefficient (Wildman–Crippen LogP) is 3.29. The first-order valence-electron chi connectivity index (χ1n) is 8.61. The van der Waals surface area contributed by atoms with Gasteiger partial charge >= 0.3 is 5.97 Å². The number of ether oxygens (including phenoxy) is 2. The fourth-order valence-corrected chi connectivity index (χ4v) is 3.27. The molecule has 1 fully saturated rings. The second kappa shape index (κ2) is 9.42. The second-order valence-corrected chi connectivity index (χ2v) is 6.28. The van der Waals surface area contributed by atoms with E-state index in [1.54, 1.807) is 0 Å². The van der Waals surface area contributed by atoms with Crippen molar-refractivity contribution >= 4 is 5.97 Å². The molecule has 0 aromatic rings. The second-order valence-electron chi connectivity index (χ2n) is 6.28. The summed E-state index contributed by atoms with van der Waals surface area (Å²) in [7, 11) is 0. The van der Waals surface area contributed by atoms with Crippen LogP contribution in [0.3, 0.4) is 0 Å². The number of carbonyl (C=O) groups excluding carboxylic acids is 1. The van der Waals surface area contributed by atoms with Gasteiger partial charge in [0.1, 0.15) is 5.54 Å². The van der Waals surface area contributed by atoms with Crippen LogP contribution in [0.2, 0.25) is 0 Å². The standard InChI is InChI=1S/C17H33NO3/c1-5-9-14(4)13-21-15-10-8-11-17(12-15,18-6-2)16(19)20-7-3/h14-15,18H,5-13H2,1-4H3. The Hall–Kier alpha value is -0.610. The lowest BCUT2D eigenvalue weighted by molar-refractivity contribution is -0.155. The highest BCUT2D eigenvalue weighted by Gasteiger charge is 2.43. The zero-order chi connectivity index (χ0) is 15.7. The lowest BCUT2D eigenvalue weighted by Crippen LogP contribution is -2.57. The first-order chi connectivity index (χ1) is 10.1. The molecule has 0 bridgehead atoms. The molecule has 0 aliphatic heterocycles. The molecule has 4 nitrogen and oxygen atoms in total. The fourth-order valence-electron chi connectivity index (χ4n) is 3.27. The number of hydrogen-bond donors (Lipinski definition) is 1. The summed E-state index contributed by atoms with van der Waals surface area (Å²) in [5.74, 6) is 0.481. The predicted molar refractivity (Wildman–Crippen MR) is 85.3 cm³/mol. The van der Waals surface area contributed by atoms with Gasteiger partial charge in [0.15, 0.2) is 0 Å². The van der Waals surface area contributed by atoms with Gasteiger partial charge in [0.05, 0.1) is 12.7 Å². The first kappa shape index (κ1) is 18.4. The average Bonchev–Trinajstić information content (AvgIpc) is 2.46. The molecule has 0 saturated heterocycles. The molecule has 4 heteroatoms. The molecule has 1 N–H and O–H groups in total. The summed E-state index contributed by atoms with van der Waals surface area (Å²) in [6.45, 7) is 10.3. The van der Waals surface area contributed by atoms with Gasteiger partial charge in [-0.15, -0.1) is 0 Å². The molecule has 3 atom stereocenters. The molecule has 0 aromatic carbocycles. The van der Waals surface area contributed by atoms with E-state index in [1.807, 2.05) is 13.8 Å². The van der Waals surface area contributed by atoms with Crippen molar-refractivity contribution in [1.82, 2.24) is 5.32 Å². The average molecular weight is 299 g/mol. The Labute approximate surface area is 130 Å². The molecule has 21 heavy (non-hydrogen) atoms. The molecule has 0 amide bonds. The van der Waals surface area contributed by atoms with Crippen LogP contribution in [0.15, 0.2) is 0 Å². The van der Waals surface area contributed by atoms with E-state index in [2.05, 4.69) is 19.2 Å². The van der Waals surface area contributed by atoms with Crippen molar-refractivity contribution in [2.24, 2.45) is 5.92 Å². The van der Waals surface area contributed by atoms with Crippen LogP contribution < -0.4 is 5.32 Å². The number of rotatable bonds is 9. The first-order valence-corrected chi connectivity index (χ1v) is 8.61. The molecule has 0 heterocycles. The molecule has 1 saturated carbocycles. The quantitative estimate of drug-likeness (QED) is 0.664. The Bertz CT molecular complexity index is 304. The van der Waals surface area contributed by atoms with Crippen molar-refractivity contribution in [2.45, 2.75) is 77.9 Å². The minimum absolute atomic E-state index is 0.109. The zero-order valence-corrected chi connectivity index (χ0v) is 14.2. The molecular formula is C17H33NO3. The van der Waals surface area contributed by atoms with Gasteiger partial charge in [-0.25, -0.2) is 0 Å². The van der Waals surface area contributed by atoms with Gasteiger partial charge in [0.2, 0.25) is 0 Å². The monoisotopic (exact) mass is 299 g/mol. The van der Waals surface area contributed by atoms with Crippen LogP contribution in [-0.2, 0) is 14.3 Å². The van der Waals surface area contributed by atoms with E-state index < -0.39 is 5.54 Å². The van der Waals surface area contributed by atoms with Crippen LogP contribution in [-0.4, -0.2) is 37.4 Å². The summed E-state index contributed by atoms with van der Waals surface area (Å²) >= 11 is 0. The van der Waals surface area contributed by atoms with Crippen molar-refractivity contribution < 1.29 is 14.3 Å². The Morgan fingerprint density at radius 2 is 2.14 bits per heavy atom. The molecule has 124 valence electrons. The van der Waals surface area contributed by atoms with Crippen LogP contribution in [0.5, 0.6) is 0 Å². The molecular weight excluding hydrogens is 266 g/mol. The minimum atomic E-state index is -0.540. The lowest BCUT2D eigenvalue weighted by atomic mass is 9.80. The Morgan fingerprint density at radius 3 is 2.76 bits per heavy atom. The van der Waals surface area contributed by atoms with Crippen molar-refractivity contribution in [3.8, 4) is 0 Å². The summed E-state index contributed by atoms with van der Waals surface area (Å²) in [6, 6.07) is 0. The van der Waals surface area contributed by atoms with Gasteiger partial charge in [-0.05, 0) is 45.1 Å². The third-order valence-electron chi connectivity index (χ3n) is 4.29. The highest BCUT2D eigenvalue weighted by Crippen LogP contribution is 2.32. The summed E-state index contributed by atoms with van der Waals surface area (Å²) in [4.78, 5) is 12.4. The molecule has 1 rings (SSSR count). The van der Waals surface area contributed by atoms with Gasteiger partial charge in [-0.1, -0.05) is 27.2 Å². The topological polar surface area (TPSA) is 47.6 Å². The van der Waals surface area contributed by atoms with Gasteiger partial charge < -0.3 is 14.8 Å². The fraction of sp³-hybridized carbons (Fsp3) is 0.941. The highest BCUT2D eigenvalue weighted by atomic mass is 16.5. The van der Waals surface area contributed by atoms with E-state index in [0.717, 1.165) is 38.8 Å². The number of hydrogen-bond acceptors (Lipinski definition) is 4. The van der Waals surface area contributed by atoms with Crippen LogP contribution in [0, 0.1) is 5.92 Å². The Morgan fingerprint density at radius 1 is 1.38 bits per heavy atom. The number of esters is 1. The van der Waals surface area contributed by atoms with E-state index >= 15 is 0 Å². The largest absolute Gasteiger partial charge is 0.465 e. The van der Waals surface area contributed by atoms with E-state index in [0.29, 0.717) is 12.5 Å².